The third-order valence-electron chi connectivity index (χ3n) is 2.81. The van der Waals surface area contributed by atoms with Gasteiger partial charge in [0.25, 0.3) is 0 Å². The number of hydrogen-bond acceptors (Lipinski definition) is 4. The van der Waals surface area contributed by atoms with Gasteiger partial charge in [-0.25, -0.2) is 4.68 Å². The van der Waals surface area contributed by atoms with Crippen LogP contribution in [0.5, 0.6) is 0 Å². The molecule has 1 N–H and O–H groups in total. The molecule has 0 radical (unpaired) electrons. The molecule has 0 atom stereocenters. The molecule has 0 saturated heterocycles. The summed E-state index contributed by atoms with van der Waals surface area (Å²) in [6.45, 7) is 0. The molecule has 0 bridgehead atoms. The van der Waals surface area contributed by atoms with Crippen molar-refractivity contribution in [3.63, 3.8) is 0 Å². The van der Waals surface area contributed by atoms with Gasteiger partial charge in [-0.15, -0.1) is 0 Å². The van der Waals surface area contributed by atoms with Crippen molar-refractivity contribution in [2.45, 2.75) is 0 Å². The van der Waals surface area contributed by atoms with E-state index in [0.29, 0.717) is 10.6 Å². The SMILES string of the molecule is N=c1sc(C(=O)c2ccccc2)nn1-c1ccccc1. The molecule has 0 amide bonds. The third-order valence-corrected chi connectivity index (χ3v) is 3.63. The highest BCUT2D eigenvalue weighted by Gasteiger charge is 2.15. The highest BCUT2D eigenvalue weighted by molar-refractivity contribution is 7.11. The van der Waals surface area contributed by atoms with Gasteiger partial charge in [0.2, 0.25) is 10.6 Å². The second kappa shape index (κ2) is 5.22. The van der Waals surface area contributed by atoms with Crippen LogP contribution in [0.3, 0.4) is 0 Å². The summed E-state index contributed by atoms with van der Waals surface area (Å²) in [5, 5.41) is 12.5. The van der Waals surface area contributed by atoms with Crippen LogP contribution >= 0.6 is 11.3 Å². The van der Waals surface area contributed by atoms with Crippen molar-refractivity contribution in [1.29, 1.82) is 5.41 Å². The van der Waals surface area contributed by atoms with Gasteiger partial charge in [0, 0.05) is 5.56 Å². The molecule has 0 aliphatic carbocycles. The maximum atomic E-state index is 12.3. The zero-order valence-corrected chi connectivity index (χ0v) is 11.3. The number of ketones is 1. The van der Waals surface area contributed by atoms with Crippen LogP contribution in [0.2, 0.25) is 0 Å². The van der Waals surface area contributed by atoms with Gasteiger partial charge in [-0.05, 0) is 12.1 Å². The number of nitrogens with zero attached hydrogens (tertiary/aromatic N) is 2. The number of carbonyl (C=O) groups is 1. The van der Waals surface area contributed by atoms with Crippen LogP contribution < -0.4 is 4.80 Å². The van der Waals surface area contributed by atoms with Gasteiger partial charge >= 0.3 is 0 Å². The molecule has 20 heavy (non-hydrogen) atoms. The minimum absolute atomic E-state index is 0.154. The van der Waals surface area contributed by atoms with Crippen molar-refractivity contribution >= 4 is 17.1 Å². The first kappa shape index (κ1) is 12.5. The Morgan fingerprint density at radius 1 is 1.00 bits per heavy atom. The van der Waals surface area contributed by atoms with E-state index in [2.05, 4.69) is 5.10 Å². The Morgan fingerprint density at radius 2 is 1.60 bits per heavy atom. The first-order valence-corrected chi connectivity index (χ1v) is 6.87. The van der Waals surface area contributed by atoms with Crippen molar-refractivity contribution in [2.75, 3.05) is 0 Å². The summed E-state index contributed by atoms with van der Waals surface area (Å²) >= 11 is 1.08. The van der Waals surface area contributed by atoms with E-state index in [1.54, 1.807) is 12.1 Å². The number of rotatable bonds is 3. The Labute approximate surface area is 119 Å². The maximum Gasteiger partial charge on any atom is 0.223 e. The van der Waals surface area contributed by atoms with E-state index >= 15 is 0 Å². The first-order chi connectivity index (χ1) is 9.75. The normalized spacial score (nSPS) is 10.4. The molecule has 98 valence electrons. The molecule has 0 fully saturated rings. The number of carbonyl (C=O) groups excluding carboxylic acids is 1. The Balaban J connectivity index is 2.02. The number of hydrogen-bond donors (Lipinski definition) is 1. The summed E-state index contributed by atoms with van der Waals surface area (Å²) in [5.41, 5.74) is 1.36. The van der Waals surface area contributed by atoms with Crippen LogP contribution in [0, 0.1) is 5.41 Å². The minimum atomic E-state index is -0.154. The summed E-state index contributed by atoms with van der Waals surface area (Å²) in [6, 6.07) is 18.3. The van der Waals surface area contributed by atoms with Crippen molar-refractivity contribution in [2.24, 2.45) is 0 Å². The Hall–Kier alpha value is -2.53. The molecular formula is C15H11N3OS. The maximum absolute atomic E-state index is 12.3. The zero-order valence-electron chi connectivity index (χ0n) is 10.5. The zero-order chi connectivity index (χ0) is 13.9. The Kier molecular flexibility index (Phi) is 3.26. The first-order valence-electron chi connectivity index (χ1n) is 6.05. The number of aromatic nitrogens is 2. The molecule has 0 saturated carbocycles. The molecule has 2 aromatic carbocycles. The largest absolute Gasteiger partial charge is 0.286 e. The standard InChI is InChI=1S/C15H11N3OS/c16-15-18(12-9-5-2-6-10-12)17-14(20-15)13(19)11-7-3-1-4-8-11/h1-10,16H. The third kappa shape index (κ3) is 2.31. The van der Waals surface area contributed by atoms with E-state index in [-0.39, 0.29) is 10.6 Å². The fourth-order valence-corrected chi connectivity index (χ4v) is 2.59. The van der Waals surface area contributed by atoms with Crippen LogP contribution in [0.15, 0.2) is 60.7 Å². The quantitative estimate of drug-likeness (QED) is 0.750. The summed E-state index contributed by atoms with van der Waals surface area (Å²) in [4.78, 5) is 12.5. The summed E-state index contributed by atoms with van der Waals surface area (Å²) in [6.07, 6.45) is 0. The number of nitrogens with one attached hydrogen (secondary N) is 1. The molecule has 0 aliphatic rings. The van der Waals surface area contributed by atoms with Gasteiger partial charge in [0.1, 0.15) is 0 Å². The fraction of sp³-hybridized carbons (Fsp3) is 0. The van der Waals surface area contributed by atoms with Crippen molar-refractivity contribution in [3.8, 4) is 5.69 Å². The van der Waals surface area contributed by atoms with Crippen molar-refractivity contribution < 1.29 is 4.79 Å². The highest BCUT2D eigenvalue weighted by Crippen LogP contribution is 2.11. The molecule has 0 spiro atoms. The smallest absolute Gasteiger partial charge is 0.223 e. The van der Waals surface area contributed by atoms with E-state index in [1.807, 2.05) is 48.5 Å². The van der Waals surface area contributed by atoms with Gasteiger partial charge < -0.3 is 0 Å². The van der Waals surface area contributed by atoms with E-state index < -0.39 is 0 Å². The topological polar surface area (TPSA) is 58.7 Å². The van der Waals surface area contributed by atoms with Crippen molar-refractivity contribution in [1.82, 2.24) is 9.78 Å². The Morgan fingerprint density at radius 3 is 2.25 bits per heavy atom. The second-order valence-corrected chi connectivity index (χ2v) is 5.13. The van der Waals surface area contributed by atoms with Crippen LogP contribution in [-0.2, 0) is 0 Å². The van der Waals surface area contributed by atoms with Gasteiger partial charge in [-0.3, -0.25) is 10.2 Å². The van der Waals surface area contributed by atoms with Gasteiger partial charge in [0.15, 0.2) is 5.01 Å². The van der Waals surface area contributed by atoms with Gasteiger partial charge in [-0.1, -0.05) is 59.9 Å². The van der Waals surface area contributed by atoms with E-state index in [9.17, 15) is 4.79 Å². The molecule has 3 rings (SSSR count). The molecule has 4 nitrogen and oxygen atoms in total. The Bertz CT molecular complexity index is 791. The molecule has 0 unspecified atom stereocenters. The molecular weight excluding hydrogens is 270 g/mol. The minimum Gasteiger partial charge on any atom is -0.286 e. The lowest BCUT2D eigenvalue weighted by Gasteiger charge is -1.99. The van der Waals surface area contributed by atoms with E-state index in [4.69, 9.17) is 5.41 Å². The van der Waals surface area contributed by atoms with Gasteiger partial charge in [0.05, 0.1) is 5.69 Å². The predicted molar refractivity (Wildman–Crippen MR) is 77.2 cm³/mol. The summed E-state index contributed by atoms with van der Waals surface area (Å²) in [7, 11) is 0. The fourth-order valence-electron chi connectivity index (χ4n) is 1.84. The summed E-state index contributed by atoms with van der Waals surface area (Å²) in [5.74, 6) is -0.154. The summed E-state index contributed by atoms with van der Waals surface area (Å²) < 4.78 is 1.47. The lowest BCUT2D eigenvalue weighted by molar-refractivity contribution is 0.103. The predicted octanol–water partition coefficient (Wildman–Crippen LogP) is 2.64. The molecule has 1 aromatic heterocycles. The van der Waals surface area contributed by atoms with Crippen molar-refractivity contribution in [3.05, 3.63) is 76.0 Å². The second-order valence-electron chi connectivity index (χ2n) is 4.15. The average Bonchev–Trinajstić information content (AvgIpc) is 2.90. The average molecular weight is 281 g/mol. The molecule has 3 aromatic rings. The number of para-hydroxylation sites is 1. The lowest BCUT2D eigenvalue weighted by atomic mass is 10.1. The molecule has 0 aliphatic heterocycles. The highest BCUT2D eigenvalue weighted by atomic mass is 32.1. The monoisotopic (exact) mass is 281 g/mol. The van der Waals surface area contributed by atoms with Crippen LogP contribution in [0.25, 0.3) is 5.69 Å². The van der Waals surface area contributed by atoms with Crippen LogP contribution in [0.4, 0.5) is 0 Å². The van der Waals surface area contributed by atoms with Gasteiger partial charge in [-0.2, -0.15) is 5.10 Å². The van der Waals surface area contributed by atoms with E-state index in [0.717, 1.165) is 17.0 Å². The van der Waals surface area contributed by atoms with E-state index in [1.165, 1.54) is 4.68 Å². The van der Waals surface area contributed by atoms with Crippen LogP contribution in [0.1, 0.15) is 15.4 Å². The lowest BCUT2D eigenvalue weighted by Crippen LogP contribution is -2.12. The molecule has 1 heterocycles. The van der Waals surface area contributed by atoms with Crippen LogP contribution in [-0.4, -0.2) is 15.6 Å². The molecule has 5 heteroatoms. The number of benzene rings is 2.